The van der Waals surface area contributed by atoms with Gasteiger partial charge in [0.2, 0.25) is 0 Å². The maximum atomic E-state index is 5.57. The smallest absolute Gasteiger partial charge is 0.0723 e. The van der Waals surface area contributed by atoms with E-state index in [0.717, 1.165) is 36.3 Å². The van der Waals surface area contributed by atoms with E-state index in [9.17, 15) is 0 Å². The molecule has 0 saturated carbocycles. The van der Waals surface area contributed by atoms with Crippen molar-refractivity contribution in [2.24, 2.45) is 0 Å². The predicted octanol–water partition coefficient (Wildman–Crippen LogP) is 20.9. The summed E-state index contributed by atoms with van der Waals surface area (Å²) in [7, 11) is 1.13. The van der Waals surface area contributed by atoms with E-state index < -0.39 is 15.4 Å². The van der Waals surface area contributed by atoms with Gasteiger partial charge in [0.25, 0.3) is 0 Å². The molecule has 8 aromatic carbocycles. The van der Waals surface area contributed by atoms with Gasteiger partial charge in [0, 0.05) is 35.5 Å². The molecular formula is C75H85N3S. The Morgan fingerprint density at radius 3 is 1.76 bits per heavy atom. The van der Waals surface area contributed by atoms with Gasteiger partial charge in [0.1, 0.15) is 0 Å². The third-order valence-electron chi connectivity index (χ3n) is 16.1. The van der Waals surface area contributed by atoms with Gasteiger partial charge in [-0.25, -0.2) is 10.0 Å². The maximum Gasteiger partial charge on any atom is 0.0723 e. The first-order chi connectivity index (χ1) is 37.9. The molecule has 1 atom stereocenters. The van der Waals surface area contributed by atoms with Crippen LogP contribution in [0.15, 0.2) is 198 Å². The van der Waals surface area contributed by atoms with Crippen LogP contribution in [0.1, 0.15) is 134 Å². The fourth-order valence-electron chi connectivity index (χ4n) is 12.3. The number of likely N-dealkylation sites (N-methyl/N-ethyl adjacent to an activating group) is 1. The molecule has 79 heavy (non-hydrogen) atoms. The predicted molar refractivity (Wildman–Crippen MR) is 351 cm³/mol. The molecule has 406 valence electrons. The third kappa shape index (κ3) is 10.2. The van der Waals surface area contributed by atoms with Gasteiger partial charge in [-0.1, -0.05) is 185 Å². The van der Waals surface area contributed by atoms with Crippen LogP contribution in [-0.4, -0.2) is 25.8 Å². The van der Waals surface area contributed by atoms with Crippen molar-refractivity contribution in [2.45, 2.75) is 117 Å². The average molecular weight is 1060 g/mol. The van der Waals surface area contributed by atoms with Gasteiger partial charge in [-0.3, -0.25) is 0 Å². The van der Waals surface area contributed by atoms with Crippen molar-refractivity contribution in [1.82, 2.24) is 5.32 Å². The molecule has 0 bridgehead atoms. The summed E-state index contributed by atoms with van der Waals surface area (Å²) in [6, 6.07) is 60.0. The Kier molecular flexibility index (Phi) is 16.1. The van der Waals surface area contributed by atoms with Crippen molar-refractivity contribution >= 4 is 55.2 Å². The molecule has 12 rings (SSSR count). The number of benzene rings is 8. The molecule has 3 nitrogen and oxygen atoms in total. The second kappa shape index (κ2) is 22.5. The van der Waals surface area contributed by atoms with Gasteiger partial charge in [-0.05, 0) is 227 Å². The quantitative estimate of drug-likeness (QED) is 0.118. The minimum absolute atomic E-state index is 0.0573. The molecular weight excluding hydrogens is 975 g/mol. The molecule has 4 aliphatic carbocycles. The van der Waals surface area contributed by atoms with Gasteiger partial charge in [-0.2, -0.15) is 0 Å². The third-order valence-corrected chi connectivity index (χ3v) is 17.8. The van der Waals surface area contributed by atoms with Crippen molar-refractivity contribution < 1.29 is 0 Å². The molecule has 1 unspecified atom stereocenters. The molecule has 0 aliphatic heterocycles. The van der Waals surface area contributed by atoms with Crippen LogP contribution in [0.3, 0.4) is 0 Å². The summed E-state index contributed by atoms with van der Waals surface area (Å²) in [6.07, 6.45) is 21.9. The van der Waals surface area contributed by atoms with E-state index in [2.05, 4.69) is 253 Å². The number of rotatable bonds is 8. The number of nitrogen functional groups attached to an aromatic ring is 1. The standard InChI is InChI=1S/C61H58N2S.C10H15N.2C2H6/c1-9-15-41(62-5)26-22-39-23-34-48-49-35-31-44(63(42-27-24-40(25-28-42)60(2,3)4)43-29-32-45(33-30-43)64(6,7)8)37-56(49)61(55(48)36-39)54-21-13-12-18-51(54)59-52-20-14-19-50-46-16-10-11-17-47(46)53(58(50)52)38-57(59)61;1-10(2,3)8-4-6-9(11)7-5-8;2*1-2/h10-11,13-17,19-38,62H,9,12,18H2,1-8H3;4-7H,11H2,1-3H3;2*1-2H3/b26-22-,41-15+;;;. The lowest BCUT2D eigenvalue weighted by atomic mass is 9.68. The van der Waals surface area contributed by atoms with Crippen LogP contribution >= 0.6 is 10.0 Å². The first-order valence-corrected chi connectivity index (χ1v) is 31.8. The first kappa shape index (κ1) is 56.5. The van der Waals surface area contributed by atoms with Crippen LogP contribution in [0.4, 0.5) is 22.7 Å². The zero-order valence-corrected chi connectivity index (χ0v) is 50.8. The van der Waals surface area contributed by atoms with Crippen molar-refractivity contribution in [1.29, 1.82) is 0 Å². The Hall–Kier alpha value is -7.27. The second-order valence-electron chi connectivity index (χ2n) is 23.7. The van der Waals surface area contributed by atoms with Crippen LogP contribution in [0.5, 0.6) is 0 Å². The highest BCUT2D eigenvalue weighted by molar-refractivity contribution is 8.32. The Bertz CT molecular complexity index is 3600. The summed E-state index contributed by atoms with van der Waals surface area (Å²) in [5.74, 6) is 0. The number of nitrogens with two attached hydrogens (primary N) is 1. The summed E-state index contributed by atoms with van der Waals surface area (Å²) in [5.41, 5.74) is 31.2. The summed E-state index contributed by atoms with van der Waals surface area (Å²) >= 11 is 0. The van der Waals surface area contributed by atoms with Crippen LogP contribution < -0.4 is 16.0 Å². The van der Waals surface area contributed by atoms with E-state index in [4.69, 9.17) is 5.73 Å². The Labute approximate surface area is 476 Å². The number of allylic oxidation sites excluding steroid dienone is 6. The number of hydrogen-bond donors (Lipinski definition) is 2. The molecule has 4 heteroatoms. The van der Waals surface area contributed by atoms with E-state index in [0.29, 0.717) is 0 Å². The highest BCUT2D eigenvalue weighted by Gasteiger charge is 2.54. The molecule has 0 radical (unpaired) electrons. The van der Waals surface area contributed by atoms with E-state index in [1.165, 1.54) is 111 Å². The van der Waals surface area contributed by atoms with Gasteiger partial charge in [0.15, 0.2) is 0 Å². The maximum absolute atomic E-state index is 5.57. The summed E-state index contributed by atoms with van der Waals surface area (Å²) < 4.78 is 0. The monoisotopic (exact) mass is 1060 g/mol. The molecule has 0 aromatic heterocycles. The van der Waals surface area contributed by atoms with E-state index in [-0.39, 0.29) is 10.8 Å². The van der Waals surface area contributed by atoms with Crippen molar-refractivity contribution in [3.8, 4) is 33.4 Å². The number of fused-ring (bicyclic) bond motifs is 13. The highest BCUT2D eigenvalue weighted by Crippen LogP contribution is 2.66. The molecule has 8 aromatic rings. The normalized spacial score (nSPS) is 15.7. The summed E-state index contributed by atoms with van der Waals surface area (Å²) in [4.78, 5) is 3.90. The Morgan fingerprint density at radius 1 is 0.608 bits per heavy atom. The largest absolute Gasteiger partial charge is 0.399 e. The van der Waals surface area contributed by atoms with E-state index >= 15 is 0 Å². The molecule has 0 amide bonds. The van der Waals surface area contributed by atoms with Gasteiger partial charge < -0.3 is 16.0 Å². The van der Waals surface area contributed by atoms with Crippen molar-refractivity contribution in [3.63, 3.8) is 0 Å². The number of hydrogen-bond acceptors (Lipinski definition) is 3. The van der Waals surface area contributed by atoms with Gasteiger partial charge in [0.05, 0.1) is 5.41 Å². The number of nitrogens with one attached hydrogen (secondary N) is 1. The van der Waals surface area contributed by atoms with Crippen molar-refractivity contribution in [3.05, 3.63) is 232 Å². The zero-order valence-electron chi connectivity index (χ0n) is 50.0. The second-order valence-corrected chi connectivity index (χ2v) is 27.9. The lowest BCUT2D eigenvalue weighted by molar-refractivity contribution is 0.590. The Morgan fingerprint density at radius 2 is 1.16 bits per heavy atom. The molecule has 1 spiro atoms. The molecule has 3 N–H and O–H groups in total. The number of nitrogens with zero attached hydrogens (tertiary/aromatic N) is 1. The minimum Gasteiger partial charge on any atom is -0.399 e. The average Bonchev–Trinajstić information content (AvgIpc) is 2.29. The van der Waals surface area contributed by atoms with Gasteiger partial charge >= 0.3 is 0 Å². The molecule has 0 saturated heterocycles. The Balaban J connectivity index is 0.000000446. The van der Waals surface area contributed by atoms with Crippen LogP contribution in [0.25, 0.3) is 55.8 Å². The fraction of sp³-hybridized carbons (Fsp3) is 0.280. The lowest BCUT2D eigenvalue weighted by Crippen LogP contribution is -2.27. The first-order valence-electron chi connectivity index (χ1n) is 28.9. The van der Waals surface area contributed by atoms with Crippen LogP contribution in [0, 0.1) is 0 Å². The van der Waals surface area contributed by atoms with Gasteiger partial charge in [-0.15, -0.1) is 0 Å². The highest BCUT2D eigenvalue weighted by atomic mass is 32.3. The zero-order chi connectivity index (χ0) is 56.6. The summed E-state index contributed by atoms with van der Waals surface area (Å²) in [5, 5.41) is 6.18. The SMILES string of the molecule is CC.CC.CC(C)(C)c1ccc(N)cc1.CC/C=C(\C=C/c1ccc2c(c1)C1(C3=C(CCC=C3)c3c1cc1c4c(cccc34)-c3ccccc3-1)c1cc(N(c3ccc(C(C)(C)C)cc3)c3ccc(S(C)(C)C)cc3)ccc1-2)NC. The lowest BCUT2D eigenvalue weighted by Gasteiger charge is -2.34. The van der Waals surface area contributed by atoms with Crippen LogP contribution in [-0.2, 0) is 16.2 Å². The molecule has 0 heterocycles. The van der Waals surface area contributed by atoms with E-state index in [1.54, 1.807) is 0 Å². The summed E-state index contributed by atoms with van der Waals surface area (Å²) in [6.45, 7) is 23.7. The minimum atomic E-state index is -0.885. The number of anilines is 4. The molecule has 0 fully saturated rings. The topological polar surface area (TPSA) is 41.3 Å². The van der Waals surface area contributed by atoms with Crippen LogP contribution in [0.2, 0.25) is 0 Å². The molecule has 4 aliphatic rings. The van der Waals surface area contributed by atoms with E-state index in [1.807, 2.05) is 46.9 Å². The fourth-order valence-corrected chi connectivity index (χ4v) is 13.2. The van der Waals surface area contributed by atoms with Crippen molar-refractivity contribution in [2.75, 3.05) is 36.4 Å².